The van der Waals surface area contributed by atoms with Gasteiger partial charge in [0.15, 0.2) is 11.5 Å². The van der Waals surface area contributed by atoms with Gasteiger partial charge in [-0.15, -0.1) is 0 Å². The molecule has 0 atom stereocenters. The highest BCUT2D eigenvalue weighted by molar-refractivity contribution is 5.93. The van der Waals surface area contributed by atoms with Gasteiger partial charge in [0.05, 0.1) is 32.4 Å². The molecule has 2 fully saturated rings. The van der Waals surface area contributed by atoms with Gasteiger partial charge in [-0.25, -0.2) is 4.98 Å². The van der Waals surface area contributed by atoms with E-state index in [1.165, 1.54) is 0 Å². The molecule has 1 N–H and O–H groups in total. The molecule has 2 aromatic rings. The van der Waals surface area contributed by atoms with E-state index >= 15 is 0 Å². The summed E-state index contributed by atoms with van der Waals surface area (Å²) in [6.45, 7) is 7.72. The van der Waals surface area contributed by atoms with Gasteiger partial charge in [-0.1, -0.05) is 0 Å². The van der Waals surface area contributed by atoms with Crippen LogP contribution in [0.1, 0.15) is 19.8 Å². The maximum atomic E-state index is 5.78. The van der Waals surface area contributed by atoms with E-state index in [4.69, 9.17) is 24.2 Å². The fraction of sp³-hybridized carbons (Fsp3) is 0.619. The molecule has 29 heavy (non-hydrogen) atoms. The van der Waals surface area contributed by atoms with Gasteiger partial charge in [0.25, 0.3) is 0 Å². The number of benzene rings is 1. The quantitative estimate of drug-likeness (QED) is 0.791. The Labute approximate surface area is 172 Å². The number of nitrogens with zero attached hydrogens (tertiary/aromatic N) is 4. The number of methoxy groups -OCH3 is 1. The van der Waals surface area contributed by atoms with E-state index in [1.54, 1.807) is 7.11 Å². The molecule has 0 bridgehead atoms. The highest BCUT2D eigenvalue weighted by Gasteiger charge is 2.22. The number of nitrogens with one attached hydrogen (secondary N) is 1. The molecule has 0 saturated carbocycles. The standard InChI is InChI=1S/C21H31N5O3/c1-4-29-19-14-17-16(13-18(19)27-3)20(22-15-5-7-25(2)8-6-15)24-21(23-17)26-9-11-28-12-10-26/h13-15H,4-12H2,1-3H3,(H,22,23,24). The van der Waals surface area contributed by atoms with Gasteiger partial charge < -0.3 is 29.3 Å². The Morgan fingerprint density at radius 3 is 2.55 bits per heavy atom. The predicted octanol–water partition coefficient (Wildman–Crippen LogP) is 2.38. The molecular weight excluding hydrogens is 370 g/mol. The number of rotatable bonds is 6. The number of hydrogen-bond acceptors (Lipinski definition) is 8. The first kappa shape index (κ1) is 20.0. The number of hydrogen-bond donors (Lipinski definition) is 1. The van der Waals surface area contributed by atoms with Crippen LogP contribution in [0.5, 0.6) is 11.5 Å². The lowest BCUT2D eigenvalue weighted by Gasteiger charge is -2.31. The van der Waals surface area contributed by atoms with Gasteiger partial charge in [-0.3, -0.25) is 0 Å². The third-order valence-electron chi connectivity index (χ3n) is 5.62. The summed E-state index contributed by atoms with van der Waals surface area (Å²) < 4.78 is 16.8. The number of anilines is 2. The summed E-state index contributed by atoms with van der Waals surface area (Å²) >= 11 is 0. The van der Waals surface area contributed by atoms with E-state index < -0.39 is 0 Å². The van der Waals surface area contributed by atoms with Crippen molar-refractivity contribution in [2.24, 2.45) is 0 Å². The summed E-state index contributed by atoms with van der Waals surface area (Å²) in [4.78, 5) is 14.3. The zero-order chi connectivity index (χ0) is 20.2. The van der Waals surface area contributed by atoms with Crippen molar-refractivity contribution in [3.8, 4) is 11.5 Å². The van der Waals surface area contributed by atoms with Crippen LogP contribution in [0.15, 0.2) is 12.1 Å². The van der Waals surface area contributed by atoms with Gasteiger partial charge in [0, 0.05) is 30.6 Å². The monoisotopic (exact) mass is 401 g/mol. The van der Waals surface area contributed by atoms with E-state index in [9.17, 15) is 0 Å². The molecule has 158 valence electrons. The number of aromatic nitrogens is 2. The Hall–Kier alpha value is -2.32. The molecule has 0 aliphatic carbocycles. The fourth-order valence-electron chi connectivity index (χ4n) is 3.91. The van der Waals surface area contributed by atoms with Crippen LogP contribution in [0.4, 0.5) is 11.8 Å². The number of ether oxygens (including phenoxy) is 3. The Morgan fingerprint density at radius 2 is 1.86 bits per heavy atom. The van der Waals surface area contributed by atoms with Gasteiger partial charge >= 0.3 is 0 Å². The van der Waals surface area contributed by atoms with Crippen LogP contribution in [0.2, 0.25) is 0 Å². The SMILES string of the molecule is CCOc1cc2nc(N3CCOCC3)nc(NC3CCN(C)CC3)c2cc1OC. The number of likely N-dealkylation sites (tertiary alicyclic amines) is 1. The van der Waals surface area contributed by atoms with E-state index in [0.717, 1.165) is 61.7 Å². The van der Waals surface area contributed by atoms with Crippen molar-refractivity contribution in [2.75, 3.05) is 70.4 Å². The Bertz CT molecular complexity index is 833. The average molecular weight is 402 g/mol. The molecular formula is C21H31N5O3. The van der Waals surface area contributed by atoms with Gasteiger partial charge in [-0.2, -0.15) is 4.98 Å². The maximum absolute atomic E-state index is 5.78. The Morgan fingerprint density at radius 1 is 1.10 bits per heavy atom. The third kappa shape index (κ3) is 4.48. The van der Waals surface area contributed by atoms with Crippen molar-refractivity contribution >= 4 is 22.7 Å². The molecule has 0 radical (unpaired) electrons. The van der Waals surface area contributed by atoms with Crippen LogP contribution in [-0.2, 0) is 4.74 Å². The summed E-state index contributed by atoms with van der Waals surface area (Å²) in [6, 6.07) is 4.35. The second-order valence-corrected chi connectivity index (χ2v) is 7.65. The summed E-state index contributed by atoms with van der Waals surface area (Å²) in [5.41, 5.74) is 0.862. The lowest BCUT2D eigenvalue weighted by molar-refractivity contribution is 0.122. The van der Waals surface area contributed by atoms with Crippen LogP contribution in [0.25, 0.3) is 10.9 Å². The van der Waals surface area contributed by atoms with Crippen molar-refractivity contribution in [2.45, 2.75) is 25.8 Å². The number of piperidine rings is 1. The largest absolute Gasteiger partial charge is 0.493 e. The minimum atomic E-state index is 0.402. The van der Waals surface area contributed by atoms with E-state index in [2.05, 4.69) is 22.2 Å². The normalized spacial score (nSPS) is 18.8. The van der Waals surface area contributed by atoms with Crippen molar-refractivity contribution in [1.82, 2.24) is 14.9 Å². The fourth-order valence-corrected chi connectivity index (χ4v) is 3.91. The van der Waals surface area contributed by atoms with Gasteiger partial charge in [0.1, 0.15) is 5.82 Å². The summed E-state index contributed by atoms with van der Waals surface area (Å²) in [6.07, 6.45) is 2.20. The highest BCUT2D eigenvalue weighted by atomic mass is 16.5. The first-order valence-electron chi connectivity index (χ1n) is 10.5. The molecule has 2 aliphatic heterocycles. The first-order valence-corrected chi connectivity index (χ1v) is 10.5. The van der Waals surface area contributed by atoms with Crippen LogP contribution < -0.4 is 19.7 Å². The molecule has 2 aliphatic rings. The molecule has 8 nitrogen and oxygen atoms in total. The molecule has 0 amide bonds. The highest BCUT2D eigenvalue weighted by Crippen LogP contribution is 2.36. The number of fused-ring (bicyclic) bond motifs is 1. The minimum Gasteiger partial charge on any atom is -0.493 e. The smallest absolute Gasteiger partial charge is 0.228 e. The molecule has 0 spiro atoms. The van der Waals surface area contributed by atoms with Gasteiger partial charge in [0.2, 0.25) is 5.95 Å². The Balaban J connectivity index is 1.74. The second kappa shape index (κ2) is 9.00. The van der Waals surface area contributed by atoms with Crippen LogP contribution >= 0.6 is 0 Å². The van der Waals surface area contributed by atoms with Crippen LogP contribution in [0.3, 0.4) is 0 Å². The molecule has 3 heterocycles. The number of morpholine rings is 1. The molecule has 4 rings (SSSR count). The van der Waals surface area contributed by atoms with E-state index in [0.29, 0.717) is 37.4 Å². The topological polar surface area (TPSA) is 72.0 Å². The average Bonchev–Trinajstić information content (AvgIpc) is 2.75. The molecule has 0 unspecified atom stereocenters. The van der Waals surface area contributed by atoms with E-state index in [-0.39, 0.29) is 0 Å². The summed E-state index contributed by atoms with van der Waals surface area (Å²) in [5, 5.41) is 4.65. The lowest BCUT2D eigenvalue weighted by atomic mass is 10.1. The first-order chi connectivity index (χ1) is 14.2. The Kier molecular flexibility index (Phi) is 6.20. The zero-order valence-corrected chi connectivity index (χ0v) is 17.6. The molecule has 8 heteroatoms. The van der Waals surface area contributed by atoms with E-state index in [1.807, 2.05) is 19.1 Å². The molecule has 1 aromatic carbocycles. The zero-order valence-electron chi connectivity index (χ0n) is 17.6. The van der Waals surface area contributed by atoms with Crippen LogP contribution in [0, 0.1) is 0 Å². The lowest BCUT2D eigenvalue weighted by Crippen LogP contribution is -2.38. The maximum Gasteiger partial charge on any atom is 0.228 e. The predicted molar refractivity (Wildman–Crippen MR) is 114 cm³/mol. The van der Waals surface area contributed by atoms with Crippen molar-refractivity contribution in [3.05, 3.63) is 12.1 Å². The summed E-state index contributed by atoms with van der Waals surface area (Å²) in [5.74, 6) is 3.02. The molecule has 1 aromatic heterocycles. The third-order valence-corrected chi connectivity index (χ3v) is 5.62. The van der Waals surface area contributed by atoms with Crippen molar-refractivity contribution < 1.29 is 14.2 Å². The minimum absolute atomic E-state index is 0.402. The second-order valence-electron chi connectivity index (χ2n) is 7.65. The van der Waals surface area contributed by atoms with Gasteiger partial charge in [-0.05, 0) is 46.0 Å². The summed E-state index contributed by atoms with van der Waals surface area (Å²) in [7, 11) is 3.84. The molecule has 2 saturated heterocycles. The van der Waals surface area contributed by atoms with Crippen molar-refractivity contribution in [3.63, 3.8) is 0 Å². The van der Waals surface area contributed by atoms with Crippen molar-refractivity contribution in [1.29, 1.82) is 0 Å². The van der Waals surface area contributed by atoms with Crippen LogP contribution in [-0.4, -0.2) is 81.1 Å².